The summed E-state index contributed by atoms with van der Waals surface area (Å²) in [6.45, 7) is 6.26. The average molecular weight is 482 g/mol. The van der Waals surface area contributed by atoms with Crippen molar-refractivity contribution in [2.45, 2.75) is 38.8 Å². The zero-order valence-corrected chi connectivity index (χ0v) is 20.4. The normalized spacial score (nSPS) is 16.7. The number of carbonyl (C=O) groups excluding carboxylic acids is 1. The van der Waals surface area contributed by atoms with Crippen molar-refractivity contribution in [2.24, 2.45) is 0 Å². The number of aromatic amines is 1. The number of hydrogen-bond donors (Lipinski definition) is 2. The Labute approximate surface area is 210 Å². The Bertz CT molecular complexity index is 1370. The lowest BCUT2D eigenvalue weighted by Crippen LogP contribution is -2.19. The Morgan fingerprint density at radius 2 is 1.67 bits per heavy atom. The Hall–Kier alpha value is -3.62. The van der Waals surface area contributed by atoms with E-state index in [9.17, 15) is 4.79 Å². The summed E-state index contributed by atoms with van der Waals surface area (Å²) in [6.07, 6.45) is 10.6. The van der Waals surface area contributed by atoms with Gasteiger partial charge in [0, 0.05) is 48.3 Å². The Kier molecular flexibility index (Phi) is 6.44. The molecule has 2 aliphatic heterocycles. The quantitative estimate of drug-likeness (QED) is 0.405. The maximum Gasteiger partial charge on any atom is 0.276 e. The first kappa shape index (κ1) is 22.8. The largest absolute Gasteiger partial charge is 0.320 e. The minimum Gasteiger partial charge on any atom is -0.320 e. The highest BCUT2D eigenvalue weighted by atomic mass is 16.1. The second kappa shape index (κ2) is 10.2. The smallest absolute Gasteiger partial charge is 0.276 e. The molecule has 0 saturated carbocycles. The van der Waals surface area contributed by atoms with Gasteiger partial charge in [-0.05, 0) is 93.3 Å². The fraction of sp³-hybridized carbons (Fsp3) is 0.357. The number of hydrogen-bond acceptors (Lipinski definition) is 6. The van der Waals surface area contributed by atoms with E-state index in [0.717, 1.165) is 72.7 Å². The van der Waals surface area contributed by atoms with Gasteiger partial charge in [0.05, 0.1) is 11.2 Å². The van der Waals surface area contributed by atoms with Gasteiger partial charge in [0.2, 0.25) is 0 Å². The van der Waals surface area contributed by atoms with Crippen molar-refractivity contribution in [2.75, 3.05) is 31.5 Å². The summed E-state index contributed by atoms with van der Waals surface area (Å²) in [4.78, 5) is 27.0. The highest BCUT2D eigenvalue weighted by Gasteiger charge is 2.17. The molecule has 6 rings (SSSR count). The van der Waals surface area contributed by atoms with Crippen LogP contribution in [0.2, 0.25) is 0 Å². The van der Waals surface area contributed by atoms with Crippen molar-refractivity contribution in [3.8, 4) is 11.1 Å². The zero-order chi connectivity index (χ0) is 24.3. The minimum absolute atomic E-state index is 0.238. The number of fused-ring (bicyclic) bond motifs is 1. The predicted octanol–water partition coefficient (Wildman–Crippen LogP) is 4.46. The van der Waals surface area contributed by atoms with Crippen LogP contribution in [0.4, 0.5) is 5.69 Å². The number of H-pyrrole nitrogens is 1. The molecule has 2 N–H and O–H groups in total. The molecule has 2 aliphatic rings. The molecule has 36 heavy (non-hydrogen) atoms. The minimum atomic E-state index is -0.238. The lowest BCUT2D eigenvalue weighted by Gasteiger charge is -2.15. The van der Waals surface area contributed by atoms with Gasteiger partial charge in [0.1, 0.15) is 0 Å². The molecule has 0 spiro atoms. The molecule has 0 unspecified atom stereocenters. The molecule has 8 heteroatoms. The molecule has 1 amide bonds. The zero-order valence-electron chi connectivity index (χ0n) is 20.4. The van der Waals surface area contributed by atoms with Crippen molar-refractivity contribution in [3.05, 3.63) is 71.9 Å². The number of amides is 1. The van der Waals surface area contributed by atoms with E-state index >= 15 is 0 Å². The molecule has 0 radical (unpaired) electrons. The van der Waals surface area contributed by atoms with E-state index in [0.29, 0.717) is 5.69 Å². The van der Waals surface area contributed by atoms with Crippen LogP contribution in [0, 0.1) is 0 Å². The lowest BCUT2D eigenvalue weighted by molar-refractivity contribution is 0.102. The third-order valence-electron chi connectivity index (χ3n) is 7.17. The fourth-order valence-electron chi connectivity index (χ4n) is 5.30. The monoisotopic (exact) mass is 481 g/mol. The SMILES string of the molecule is O=C(Nc1ccnc(CN2CCCC2)c1)c1n[nH]c2ccc(-c3cncc(CN4CCCC4)c3)cc12. The van der Waals surface area contributed by atoms with E-state index in [1.54, 1.807) is 6.20 Å². The maximum absolute atomic E-state index is 13.2. The topological polar surface area (TPSA) is 90.0 Å². The van der Waals surface area contributed by atoms with Crippen LogP contribution in [0.25, 0.3) is 22.0 Å². The van der Waals surface area contributed by atoms with Crippen molar-refractivity contribution in [3.63, 3.8) is 0 Å². The molecule has 8 nitrogen and oxygen atoms in total. The van der Waals surface area contributed by atoms with Gasteiger partial charge in [-0.15, -0.1) is 0 Å². The van der Waals surface area contributed by atoms with Gasteiger partial charge in [0.25, 0.3) is 5.91 Å². The summed E-state index contributed by atoms with van der Waals surface area (Å²) < 4.78 is 0. The van der Waals surface area contributed by atoms with Crippen LogP contribution < -0.4 is 5.32 Å². The van der Waals surface area contributed by atoms with Crippen LogP contribution in [0.1, 0.15) is 47.4 Å². The summed E-state index contributed by atoms with van der Waals surface area (Å²) in [7, 11) is 0. The molecule has 0 bridgehead atoms. The molecule has 4 aromatic rings. The van der Waals surface area contributed by atoms with Gasteiger partial charge in [0.15, 0.2) is 5.69 Å². The van der Waals surface area contributed by atoms with E-state index in [1.165, 1.54) is 31.2 Å². The van der Waals surface area contributed by atoms with Crippen molar-refractivity contribution >= 4 is 22.5 Å². The van der Waals surface area contributed by atoms with E-state index in [4.69, 9.17) is 0 Å². The van der Waals surface area contributed by atoms with Gasteiger partial charge in [-0.2, -0.15) is 5.10 Å². The number of anilines is 1. The molecule has 0 atom stereocenters. The van der Waals surface area contributed by atoms with Gasteiger partial charge < -0.3 is 5.32 Å². The maximum atomic E-state index is 13.2. The lowest BCUT2D eigenvalue weighted by atomic mass is 10.0. The van der Waals surface area contributed by atoms with Gasteiger partial charge in [-0.1, -0.05) is 6.07 Å². The third kappa shape index (κ3) is 5.01. The Morgan fingerprint density at radius 1 is 0.889 bits per heavy atom. The van der Waals surface area contributed by atoms with Crippen LogP contribution in [0.15, 0.2) is 55.0 Å². The van der Waals surface area contributed by atoms with E-state index in [2.05, 4.69) is 41.3 Å². The summed E-state index contributed by atoms with van der Waals surface area (Å²) in [5.41, 5.74) is 6.18. The highest BCUT2D eigenvalue weighted by molar-refractivity contribution is 6.11. The van der Waals surface area contributed by atoms with Crippen LogP contribution in [-0.4, -0.2) is 62.1 Å². The number of rotatable bonds is 7. The first-order valence-electron chi connectivity index (χ1n) is 12.8. The fourth-order valence-corrected chi connectivity index (χ4v) is 5.30. The van der Waals surface area contributed by atoms with Crippen molar-refractivity contribution < 1.29 is 4.79 Å². The summed E-state index contributed by atoms with van der Waals surface area (Å²) in [5, 5.41) is 11.1. The Balaban J connectivity index is 1.21. The predicted molar refractivity (Wildman–Crippen MR) is 141 cm³/mol. The average Bonchev–Trinajstić information content (AvgIpc) is 3.67. The van der Waals surface area contributed by atoms with E-state index in [-0.39, 0.29) is 5.91 Å². The number of nitrogens with one attached hydrogen (secondary N) is 2. The van der Waals surface area contributed by atoms with E-state index in [1.807, 2.05) is 42.7 Å². The highest BCUT2D eigenvalue weighted by Crippen LogP contribution is 2.27. The van der Waals surface area contributed by atoms with Crippen LogP contribution in [0.5, 0.6) is 0 Å². The van der Waals surface area contributed by atoms with Crippen molar-refractivity contribution in [1.29, 1.82) is 0 Å². The second-order valence-electron chi connectivity index (χ2n) is 9.87. The first-order chi connectivity index (χ1) is 17.7. The summed E-state index contributed by atoms with van der Waals surface area (Å²) in [5.74, 6) is -0.238. The number of aromatic nitrogens is 4. The second-order valence-corrected chi connectivity index (χ2v) is 9.87. The van der Waals surface area contributed by atoms with Gasteiger partial charge in [-0.3, -0.25) is 29.7 Å². The number of nitrogens with zero attached hydrogens (tertiary/aromatic N) is 5. The molecule has 5 heterocycles. The van der Waals surface area contributed by atoms with Crippen LogP contribution in [0.3, 0.4) is 0 Å². The third-order valence-corrected chi connectivity index (χ3v) is 7.17. The molecule has 3 aromatic heterocycles. The molecule has 2 saturated heterocycles. The number of pyridine rings is 2. The van der Waals surface area contributed by atoms with E-state index < -0.39 is 0 Å². The van der Waals surface area contributed by atoms with Crippen LogP contribution in [-0.2, 0) is 13.1 Å². The summed E-state index contributed by atoms with van der Waals surface area (Å²) in [6, 6.07) is 12.0. The summed E-state index contributed by atoms with van der Waals surface area (Å²) >= 11 is 0. The van der Waals surface area contributed by atoms with Crippen LogP contribution >= 0.6 is 0 Å². The number of carbonyl (C=O) groups is 1. The van der Waals surface area contributed by atoms with Gasteiger partial charge >= 0.3 is 0 Å². The Morgan fingerprint density at radius 3 is 2.47 bits per heavy atom. The molecular formula is C28H31N7O. The number of likely N-dealkylation sites (tertiary alicyclic amines) is 2. The molecular weight excluding hydrogens is 450 g/mol. The molecule has 0 aliphatic carbocycles. The van der Waals surface area contributed by atoms with Crippen molar-refractivity contribution in [1.82, 2.24) is 30.0 Å². The number of benzene rings is 1. The molecule has 184 valence electrons. The standard InChI is InChI=1S/C28H31N7O/c36-28(31-23-7-8-30-24(15-23)19-35-11-3-4-12-35)27-25-14-21(5-6-26(25)32-33-27)22-13-20(16-29-17-22)18-34-9-1-2-10-34/h5-8,13-17H,1-4,9-12,18-19H2,(H,32,33)(H,30,31,36). The first-order valence-corrected chi connectivity index (χ1v) is 12.8. The van der Waals surface area contributed by atoms with Gasteiger partial charge in [-0.25, -0.2) is 0 Å². The molecule has 1 aromatic carbocycles. The molecule has 2 fully saturated rings.